The van der Waals surface area contributed by atoms with Gasteiger partial charge in [0.2, 0.25) is 0 Å². The summed E-state index contributed by atoms with van der Waals surface area (Å²) in [5, 5.41) is 3.47. The highest BCUT2D eigenvalue weighted by Gasteiger charge is 2.09. The van der Waals surface area contributed by atoms with E-state index in [0.717, 1.165) is 32.4 Å². The van der Waals surface area contributed by atoms with Crippen molar-refractivity contribution in [2.24, 2.45) is 0 Å². The summed E-state index contributed by atoms with van der Waals surface area (Å²) in [5.41, 5.74) is 2.82. The minimum absolute atomic E-state index is 0.358. The predicted octanol–water partition coefficient (Wildman–Crippen LogP) is 2.82. The SMILES string of the molecule is Cc1ccccc1CCNCC1CCC=CO1. The Morgan fingerprint density at radius 3 is 3.00 bits per heavy atom. The molecule has 1 aliphatic heterocycles. The molecule has 1 unspecified atom stereocenters. The van der Waals surface area contributed by atoms with E-state index in [4.69, 9.17) is 4.74 Å². The Kier molecular flexibility index (Phi) is 4.63. The number of hydrogen-bond donors (Lipinski definition) is 1. The van der Waals surface area contributed by atoms with Crippen molar-refractivity contribution in [1.82, 2.24) is 5.32 Å². The summed E-state index contributed by atoms with van der Waals surface area (Å²) < 4.78 is 5.51. The maximum Gasteiger partial charge on any atom is 0.110 e. The van der Waals surface area contributed by atoms with E-state index < -0.39 is 0 Å². The summed E-state index contributed by atoms with van der Waals surface area (Å²) in [6.45, 7) is 4.15. The fourth-order valence-electron chi connectivity index (χ4n) is 2.11. The molecule has 1 N–H and O–H groups in total. The van der Waals surface area contributed by atoms with Crippen LogP contribution in [-0.4, -0.2) is 19.2 Å². The van der Waals surface area contributed by atoms with E-state index in [2.05, 4.69) is 42.6 Å². The molecule has 0 saturated heterocycles. The molecular formula is C15H21NO. The minimum Gasteiger partial charge on any atom is -0.497 e. The van der Waals surface area contributed by atoms with Crippen molar-refractivity contribution in [3.8, 4) is 0 Å². The highest BCUT2D eigenvalue weighted by atomic mass is 16.5. The highest BCUT2D eigenvalue weighted by molar-refractivity contribution is 5.25. The Morgan fingerprint density at radius 1 is 1.35 bits per heavy atom. The Bertz CT molecular complexity index is 373. The molecule has 17 heavy (non-hydrogen) atoms. The van der Waals surface area contributed by atoms with E-state index in [0.29, 0.717) is 6.10 Å². The zero-order chi connectivity index (χ0) is 11.9. The van der Waals surface area contributed by atoms with Gasteiger partial charge < -0.3 is 10.1 Å². The van der Waals surface area contributed by atoms with Crippen molar-refractivity contribution in [2.75, 3.05) is 13.1 Å². The molecule has 0 aromatic heterocycles. The van der Waals surface area contributed by atoms with E-state index in [-0.39, 0.29) is 0 Å². The van der Waals surface area contributed by atoms with Gasteiger partial charge in [-0.25, -0.2) is 0 Å². The standard InChI is InChI=1S/C15H21NO/c1-13-6-2-3-7-14(13)9-10-16-12-15-8-4-5-11-17-15/h2-3,5-7,11,15-16H,4,8-10,12H2,1H3. The van der Waals surface area contributed by atoms with Gasteiger partial charge in [0.25, 0.3) is 0 Å². The molecule has 0 aliphatic carbocycles. The summed E-state index contributed by atoms with van der Waals surface area (Å²) >= 11 is 0. The van der Waals surface area contributed by atoms with Crippen LogP contribution in [0.15, 0.2) is 36.6 Å². The van der Waals surface area contributed by atoms with Crippen molar-refractivity contribution >= 4 is 0 Å². The first-order valence-electron chi connectivity index (χ1n) is 6.42. The van der Waals surface area contributed by atoms with Gasteiger partial charge in [-0.05, 0) is 49.9 Å². The van der Waals surface area contributed by atoms with E-state index in [1.807, 2.05) is 6.26 Å². The van der Waals surface area contributed by atoms with Gasteiger partial charge >= 0.3 is 0 Å². The molecule has 0 fully saturated rings. The number of aryl methyl sites for hydroxylation is 1. The molecule has 2 rings (SSSR count). The van der Waals surface area contributed by atoms with Crippen LogP contribution in [0.3, 0.4) is 0 Å². The molecule has 0 spiro atoms. The van der Waals surface area contributed by atoms with Gasteiger partial charge in [0, 0.05) is 6.54 Å². The summed E-state index contributed by atoms with van der Waals surface area (Å²) in [5.74, 6) is 0. The predicted molar refractivity (Wildman–Crippen MR) is 71.0 cm³/mol. The van der Waals surface area contributed by atoms with Gasteiger partial charge in [0.1, 0.15) is 6.10 Å². The van der Waals surface area contributed by atoms with Crippen LogP contribution in [0.1, 0.15) is 24.0 Å². The van der Waals surface area contributed by atoms with Crippen molar-refractivity contribution in [3.05, 3.63) is 47.7 Å². The fourth-order valence-corrected chi connectivity index (χ4v) is 2.11. The second-order valence-electron chi connectivity index (χ2n) is 4.59. The Hall–Kier alpha value is -1.28. The molecule has 1 aliphatic rings. The van der Waals surface area contributed by atoms with Crippen LogP contribution in [0.5, 0.6) is 0 Å². The third kappa shape index (κ3) is 3.90. The molecule has 1 aromatic carbocycles. The van der Waals surface area contributed by atoms with Gasteiger partial charge in [-0.2, -0.15) is 0 Å². The maximum absolute atomic E-state index is 5.51. The molecule has 0 bridgehead atoms. The molecule has 1 aromatic rings. The smallest absolute Gasteiger partial charge is 0.110 e. The van der Waals surface area contributed by atoms with Gasteiger partial charge in [0.15, 0.2) is 0 Å². The van der Waals surface area contributed by atoms with Crippen LogP contribution in [0.2, 0.25) is 0 Å². The van der Waals surface area contributed by atoms with Gasteiger partial charge in [-0.15, -0.1) is 0 Å². The maximum atomic E-state index is 5.51. The largest absolute Gasteiger partial charge is 0.497 e. The molecule has 1 heterocycles. The van der Waals surface area contributed by atoms with E-state index >= 15 is 0 Å². The molecule has 92 valence electrons. The zero-order valence-corrected chi connectivity index (χ0v) is 10.5. The molecular weight excluding hydrogens is 210 g/mol. The first-order chi connectivity index (χ1) is 8.36. The number of allylic oxidation sites excluding steroid dienone is 1. The van der Waals surface area contributed by atoms with Crippen molar-refractivity contribution in [2.45, 2.75) is 32.3 Å². The average molecular weight is 231 g/mol. The monoisotopic (exact) mass is 231 g/mol. The summed E-state index contributed by atoms with van der Waals surface area (Å²) in [6, 6.07) is 8.58. The minimum atomic E-state index is 0.358. The van der Waals surface area contributed by atoms with Gasteiger partial charge in [-0.1, -0.05) is 24.3 Å². The second-order valence-corrected chi connectivity index (χ2v) is 4.59. The summed E-state index contributed by atoms with van der Waals surface area (Å²) in [4.78, 5) is 0. The summed E-state index contributed by atoms with van der Waals surface area (Å²) in [7, 11) is 0. The Morgan fingerprint density at radius 2 is 2.24 bits per heavy atom. The first-order valence-corrected chi connectivity index (χ1v) is 6.42. The van der Waals surface area contributed by atoms with Crippen LogP contribution in [0.25, 0.3) is 0 Å². The normalized spacial score (nSPS) is 19.0. The Balaban J connectivity index is 1.66. The van der Waals surface area contributed by atoms with Crippen LogP contribution >= 0.6 is 0 Å². The average Bonchev–Trinajstić information content (AvgIpc) is 2.38. The van der Waals surface area contributed by atoms with Crippen LogP contribution < -0.4 is 5.32 Å². The van der Waals surface area contributed by atoms with Crippen molar-refractivity contribution in [3.63, 3.8) is 0 Å². The first kappa shape index (κ1) is 12.2. The van der Waals surface area contributed by atoms with Crippen molar-refractivity contribution < 1.29 is 4.74 Å². The number of rotatable bonds is 5. The third-order valence-corrected chi connectivity index (χ3v) is 3.23. The van der Waals surface area contributed by atoms with Crippen LogP contribution in [0.4, 0.5) is 0 Å². The topological polar surface area (TPSA) is 21.3 Å². The number of nitrogens with one attached hydrogen (secondary N) is 1. The molecule has 0 radical (unpaired) electrons. The van der Waals surface area contributed by atoms with Crippen molar-refractivity contribution in [1.29, 1.82) is 0 Å². The van der Waals surface area contributed by atoms with Gasteiger partial charge in [0.05, 0.1) is 6.26 Å². The quantitative estimate of drug-likeness (QED) is 0.787. The fraction of sp³-hybridized carbons (Fsp3) is 0.467. The summed E-state index contributed by atoms with van der Waals surface area (Å²) in [6.07, 6.45) is 7.64. The molecule has 0 saturated carbocycles. The zero-order valence-electron chi connectivity index (χ0n) is 10.5. The van der Waals surface area contributed by atoms with E-state index in [1.54, 1.807) is 0 Å². The second kappa shape index (κ2) is 6.45. The lowest BCUT2D eigenvalue weighted by Gasteiger charge is -2.19. The highest BCUT2D eigenvalue weighted by Crippen LogP contribution is 2.09. The van der Waals surface area contributed by atoms with Gasteiger partial charge in [-0.3, -0.25) is 0 Å². The third-order valence-electron chi connectivity index (χ3n) is 3.23. The molecule has 2 nitrogen and oxygen atoms in total. The Labute approximate surface area is 104 Å². The molecule has 2 heteroatoms. The number of hydrogen-bond acceptors (Lipinski definition) is 2. The van der Waals surface area contributed by atoms with E-state index in [1.165, 1.54) is 11.1 Å². The van der Waals surface area contributed by atoms with E-state index in [9.17, 15) is 0 Å². The number of benzene rings is 1. The number of ether oxygens (including phenoxy) is 1. The van der Waals surface area contributed by atoms with Crippen LogP contribution in [-0.2, 0) is 11.2 Å². The lowest BCUT2D eigenvalue weighted by atomic mass is 10.1. The molecule has 1 atom stereocenters. The van der Waals surface area contributed by atoms with Crippen LogP contribution in [0, 0.1) is 6.92 Å². The lowest BCUT2D eigenvalue weighted by molar-refractivity contribution is 0.123. The molecule has 0 amide bonds. The lowest BCUT2D eigenvalue weighted by Crippen LogP contribution is -2.30.